The zero-order valence-electron chi connectivity index (χ0n) is 14.8. The fraction of sp³-hybridized carbons (Fsp3) is 0.350. The van der Waals surface area contributed by atoms with Gasteiger partial charge in [-0.1, -0.05) is 12.1 Å². The first kappa shape index (κ1) is 17.7. The predicted octanol–water partition coefficient (Wildman–Crippen LogP) is 3.42. The van der Waals surface area contributed by atoms with E-state index in [9.17, 15) is 4.79 Å². The maximum absolute atomic E-state index is 12.3. The average Bonchev–Trinajstić information content (AvgIpc) is 3.06. The van der Waals surface area contributed by atoms with Gasteiger partial charge in [-0.15, -0.1) is 11.3 Å². The number of ether oxygens (including phenoxy) is 1. The number of nitrogens with zero attached hydrogens (tertiary/aromatic N) is 2. The van der Waals surface area contributed by atoms with Crippen molar-refractivity contribution >= 4 is 23.3 Å². The quantitative estimate of drug-likeness (QED) is 0.770. The number of thiophene rings is 1. The van der Waals surface area contributed by atoms with Gasteiger partial charge in [0, 0.05) is 48.6 Å². The number of amides is 1. The molecule has 132 valence electrons. The maximum atomic E-state index is 12.3. The van der Waals surface area contributed by atoms with E-state index in [1.54, 1.807) is 24.5 Å². The van der Waals surface area contributed by atoms with E-state index in [0.29, 0.717) is 0 Å². The number of methoxy groups -OCH3 is 1. The number of hydrogen-bond donors (Lipinski definition) is 0. The third-order valence-electron chi connectivity index (χ3n) is 4.40. The highest BCUT2D eigenvalue weighted by atomic mass is 32.1. The van der Waals surface area contributed by atoms with Crippen LogP contribution in [-0.4, -0.2) is 49.0 Å². The number of carbonyl (C=O) groups excluding carboxylic acids is 1. The molecule has 0 saturated carbocycles. The van der Waals surface area contributed by atoms with Crippen LogP contribution < -0.4 is 4.74 Å². The van der Waals surface area contributed by atoms with Crippen LogP contribution >= 0.6 is 11.3 Å². The molecule has 0 N–H and O–H groups in total. The number of piperazine rings is 1. The fourth-order valence-electron chi connectivity index (χ4n) is 2.92. The summed E-state index contributed by atoms with van der Waals surface area (Å²) >= 11 is 1.71. The summed E-state index contributed by atoms with van der Waals surface area (Å²) in [5.74, 6) is 0.988. The van der Waals surface area contributed by atoms with E-state index in [-0.39, 0.29) is 5.91 Å². The molecule has 1 aliphatic rings. The summed E-state index contributed by atoms with van der Waals surface area (Å²) in [4.78, 5) is 19.0. The Hall–Kier alpha value is -2.11. The highest BCUT2D eigenvalue weighted by Gasteiger charge is 2.19. The van der Waals surface area contributed by atoms with Crippen LogP contribution in [0.2, 0.25) is 0 Å². The number of carbonyl (C=O) groups is 1. The minimum absolute atomic E-state index is 0.107. The lowest BCUT2D eigenvalue weighted by molar-refractivity contribution is -0.127. The van der Waals surface area contributed by atoms with Crippen molar-refractivity contribution in [2.75, 3.05) is 33.3 Å². The van der Waals surface area contributed by atoms with Crippen LogP contribution in [0.15, 0.2) is 42.5 Å². The molecule has 0 atom stereocenters. The minimum Gasteiger partial charge on any atom is -0.497 e. The Bertz CT molecular complexity index is 728. The van der Waals surface area contributed by atoms with Gasteiger partial charge in [0.25, 0.3) is 0 Å². The second kappa shape index (κ2) is 8.32. The monoisotopic (exact) mass is 356 g/mol. The third-order valence-corrected chi connectivity index (χ3v) is 5.37. The lowest BCUT2D eigenvalue weighted by Gasteiger charge is -2.34. The van der Waals surface area contributed by atoms with Gasteiger partial charge in [0.15, 0.2) is 0 Å². The molecule has 0 spiro atoms. The van der Waals surface area contributed by atoms with Crippen molar-refractivity contribution in [1.29, 1.82) is 0 Å². The molecule has 2 aromatic rings. The molecule has 25 heavy (non-hydrogen) atoms. The largest absolute Gasteiger partial charge is 0.497 e. The summed E-state index contributed by atoms with van der Waals surface area (Å²) < 4.78 is 5.19. The van der Waals surface area contributed by atoms with Crippen molar-refractivity contribution in [3.8, 4) is 5.75 Å². The number of rotatable bonds is 5. The van der Waals surface area contributed by atoms with E-state index < -0.39 is 0 Å². The van der Waals surface area contributed by atoms with Gasteiger partial charge in [-0.25, -0.2) is 0 Å². The van der Waals surface area contributed by atoms with Crippen molar-refractivity contribution < 1.29 is 9.53 Å². The summed E-state index contributed by atoms with van der Waals surface area (Å²) in [6, 6.07) is 12.3. The van der Waals surface area contributed by atoms with Crippen molar-refractivity contribution in [2.24, 2.45) is 0 Å². The van der Waals surface area contributed by atoms with Crippen LogP contribution in [0.3, 0.4) is 0 Å². The highest BCUT2D eigenvalue weighted by Crippen LogP contribution is 2.17. The minimum atomic E-state index is 0.107. The molecule has 0 aliphatic carbocycles. The van der Waals surface area contributed by atoms with E-state index in [1.807, 2.05) is 23.1 Å². The standard InChI is InChI=1S/C20H24N2O2S/c1-16-3-8-19(25-16)9-10-20(23)22-13-11-21(12-14-22)15-17-4-6-18(24-2)7-5-17/h3-10H,11-15H2,1-2H3/b10-9+. The second-order valence-electron chi connectivity index (χ2n) is 6.23. The molecule has 0 unspecified atom stereocenters. The molecule has 3 rings (SSSR count). The molecule has 5 heteroatoms. The Morgan fingerprint density at radius 1 is 1.12 bits per heavy atom. The van der Waals surface area contributed by atoms with E-state index in [4.69, 9.17) is 4.74 Å². The Balaban J connectivity index is 1.47. The molecule has 0 bridgehead atoms. The van der Waals surface area contributed by atoms with Crippen molar-refractivity contribution in [1.82, 2.24) is 9.80 Å². The number of benzene rings is 1. The van der Waals surface area contributed by atoms with Crippen LogP contribution in [-0.2, 0) is 11.3 Å². The van der Waals surface area contributed by atoms with Crippen molar-refractivity contribution in [2.45, 2.75) is 13.5 Å². The first-order chi connectivity index (χ1) is 12.1. The van der Waals surface area contributed by atoms with Gasteiger partial charge in [0.1, 0.15) is 5.75 Å². The van der Waals surface area contributed by atoms with Gasteiger partial charge >= 0.3 is 0 Å². The van der Waals surface area contributed by atoms with Crippen LogP contribution in [0.4, 0.5) is 0 Å². The topological polar surface area (TPSA) is 32.8 Å². The molecule has 2 heterocycles. The normalized spacial score (nSPS) is 15.7. The zero-order valence-corrected chi connectivity index (χ0v) is 15.6. The van der Waals surface area contributed by atoms with Gasteiger partial charge in [-0.05, 0) is 42.8 Å². The smallest absolute Gasteiger partial charge is 0.246 e. The summed E-state index contributed by atoms with van der Waals surface area (Å²) in [6.07, 6.45) is 3.62. The summed E-state index contributed by atoms with van der Waals surface area (Å²) in [7, 11) is 1.68. The zero-order chi connectivity index (χ0) is 17.6. The van der Waals surface area contributed by atoms with E-state index in [1.165, 1.54) is 10.4 Å². The first-order valence-electron chi connectivity index (χ1n) is 8.53. The summed E-state index contributed by atoms with van der Waals surface area (Å²) in [5, 5.41) is 0. The predicted molar refractivity (Wildman–Crippen MR) is 103 cm³/mol. The molecule has 1 saturated heterocycles. The molecule has 1 aromatic heterocycles. The second-order valence-corrected chi connectivity index (χ2v) is 7.55. The molecule has 1 fully saturated rings. The molecule has 1 amide bonds. The molecule has 1 aromatic carbocycles. The molecule has 4 nitrogen and oxygen atoms in total. The average molecular weight is 356 g/mol. The lowest BCUT2D eigenvalue weighted by Crippen LogP contribution is -2.47. The summed E-state index contributed by atoms with van der Waals surface area (Å²) in [6.45, 7) is 6.36. The van der Waals surface area contributed by atoms with Crippen LogP contribution in [0.25, 0.3) is 6.08 Å². The Morgan fingerprint density at radius 3 is 2.44 bits per heavy atom. The molecular formula is C20H24N2O2S. The van der Waals surface area contributed by atoms with Crippen LogP contribution in [0, 0.1) is 6.92 Å². The van der Waals surface area contributed by atoms with Crippen LogP contribution in [0.1, 0.15) is 15.3 Å². The molecule has 0 radical (unpaired) electrons. The SMILES string of the molecule is COc1ccc(CN2CCN(C(=O)/C=C/c3ccc(C)s3)CC2)cc1. The number of aryl methyl sites for hydroxylation is 1. The van der Waals surface area contributed by atoms with Gasteiger partial charge in [0.2, 0.25) is 5.91 Å². The van der Waals surface area contributed by atoms with E-state index in [0.717, 1.165) is 43.4 Å². The van der Waals surface area contributed by atoms with Crippen molar-refractivity contribution in [3.63, 3.8) is 0 Å². The highest BCUT2D eigenvalue weighted by molar-refractivity contribution is 7.12. The Labute approximate surface area is 153 Å². The van der Waals surface area contributed by atoms with Gasteiger partial charge in [-0.3, -0.25) is 9.69 Å². The Morgan fingerprint density at radius 2 is 1.84 bits per heavy atom. The van der Waals surface area contributed by atoms with E-state index in [2.05, 4.69) is 36.1 Å². The van der Waals surface area contributed by atoms with Crippen LogP contribution in [0.5, 0.6) is 5.75 Å². The third kappa shape index (κ3) is 4.94. The first-order valence-corrected chi connectivity index (χ1v) is 9.34. The Kier molecular flexibility index (Phi) is 5.89. The number of hydrogen-bond acceptors (Lipinski definition) is 4. The van der Waals surface area contributed by atoms with Gasteiger partial charge in [-0.2, -0.15) is 0 Å². The molecular weight excluding hydrogens is 332 g/mol. The molecule has 1 aliphatic heterocycles. The van der Waals surface area contributed by atoms with Crippen molar-refractivity contribution in [3.05, 3.63) is 57.8 Å². The van der Waals surface area contributed by atoms with Gasteiger partial charge < -0.3 is 9.64 Å². The fourth-order valence-corrected chi connectivity index (χ4v) is 3.70. The van der Waals surface area contributed by atoms with Gasteiger partial charge in [0.05, 0.1) is 7.11 Å². The van der Waals surface area contributed by atoms with E-state index >= 15 is 0 Å². The maximum Gasteiger partial charge on any atom is 0.246 e. The lowest BCUT2D eigenvalue weighted by atomic mass is 10.2. The summed E-state index contributed by atoms with van der Waals surface area (Å²) in [5.41, 5.74) is 1.27.